The molecule has 2 amide bonds. The van der Waals surface area contributed by atoms with Crippen LogP contribution in [-0.2, 0) is 14.3 Å². The van der Waals surface area contributed by atoms with Crippen LogP contribution >= 0.6 is 0 Å². The third-order valence-electron chi connectivity index (χ3n) is 12.4. The van der Waals surface area contributed by atoms with Gasteiger partial charge in [-0.3, -0.25) is 9.59 Å². The molecule has 0 unspecified atom stereocenters. The van der Waals surface area contributed by atoms with Crippen LogP contribution in [0.15, 0.2) is 0 Å². The van der Waals surface area contributed by atoms with Crippen molar-refractivity contribution in [3.63, 3.8) is 0 Å². The molecule has 1 heterocycles. The predicted octanol–water partition coefficient (Wildman–Crippen LogP) is 9.72. The number of carbonyl (C=O) groups excluding carboxylic acids is 2. The van der Waals surface area contributed by atoms with E-state index in [1.807, 2.05) is 0 Å². The number of carbonyl (C=O) groups is 2. The molecule has 10 nitrogen and oxygen atoms in total. The summed E-state index contributed by atoms with van der Waals surface area (Å²) in [4.78, 5) is 28.9. The maximum Gasteiger partial charge on any atom is 0.237 e. The summed E-state index contributed by atoms with van der Waals surface area (Å²) in [7, 11) is 0. The van der Waals surface area contributed by atoms with Crippen molar-refractivity contribution in [1.82, 2.24) is 10.2 Å². The fraction of sp³-hybridized carbons (Fsp3) is 0.958. The van der Waals surface area contributed by atoms with E-state index < -0.39 is 49.1 Å². The fourth-order valence-electron chi connectivity index (χ4n) is 8.45. The molecule has 0 aliphatic carbocycles. The van der Waals surface area contributed by atoms with Crippen LogP contribution in [0.4, 0.5) is 0 Å². The Bertz CT molecular complexity index is 944. The van der Waals surface area contributed by atoms with Crippen molar-refractivity contribution in [2.75, 3.05) is 19.7 Å². The van der Waals surface area contributed by atoms with Crippen molar-refractivity contribution < 1.29 is 29.6 Å². The summed E-state index contributed by atoms with van der Waals surface area (Å²) in [6.45, 7) is 4.94. The monoisotopic (exact) mass is 825 g/mol. The Hall–Kier alpha value is -1.30. The van der Waals surface area contributed by atoms with Crippen LogP contribution in [0.2, 0.25) is 0 Å². The van der Waals surface area contributed by atoms with Gasteiger partial charge in [0.05, 0.1) is 12.6 Å². The minimum absolute atomic E-state index is 0.0903. The molecule has 0 saturated carbocycles. The maximum atomic E-state index is 14.0. The molecule has 0 aromatic carbocycles. The molecule has 58 heavy (non-hydrogen) atoms. The van der Waals surface area contributed by atoms with Crippen molar-refractivity contribution in [2.24, 2.45) is 11.5 Å². The third kappa shape index (κ3) is 26.8. The number of unbranched alkanes of at least 4 members (excludes halogenated alkanes) is 30. The number of aliphatic hydroxyl groups is 3. The van der Waals surface area contributed by atoms with Gasteiger partial charge in [0.2, 0.25) is 11.8 Å². The van der Waals surface area contributed by atoms with Crippen molar-refractivity contribution in [3.8, 4) is 0 Å². The molecule has 1 aliphatic heterocycles. The number of nitrogens with two attached hydrogens (primary N) is 2. The average molecular weight is 825 g/mol. The van der Waals surface area contributed by atoms with Gasteiger partial charge >= 0.3 is 0 Å². The minimum Gasteiger partial charge on any atom is -0.394 e. The van der Waals surface area contributed by atoms with Crippen LogP contribution in [0.1, 0.15) is 239 Å². The molecule has 1 rings (SSSR count). The molecule has 0 spiro atoms. The smallest absolute Gasteiger partial charge is 0.237 e. The first kappa shape index (κ1) is 54.7. The van der Waals surface area contributed by atoms with E-state index in [9.17, 15) is 24.9 Å². The Morgan fingerprint density at radius 3 is 1.38 bits per heavy atom. The second kappa shape index (κ2) is 38.6. The van der Waals surface area contributed by atoms with Crippen LogP contribution < -0.4 is 16.8 Å². The lowest BCUT2D eigenvalue weighted by atomic mass is 9.94. The van der Waals surface area contributed by atoms with Crippen molar-refractivity contribution >= 4 is 11.8 Å². The maximum absolute atomic E-state index is 14.0. The largest absolute Gasteiger partial charge is 0.394 e. The molecule has 8 N–H and O–H groups in total. The number of nitrogens with zero attached hydrogens (tertiary/aromatic N) is 1. The second-order valence-electron chi connectivity index (χ2n) is 17.7. The van der Waals surface area contributed by atoms with E-state index in [1.54, 1.807) is 4.90 Å². The Morgan fingerprint density at radius 1 is 0.586 bits per heavy atom. The molecule has 6 atom stereocenters. The zero-order chi connectivity index (χ0) is 42.5. The first-order valence-electron chi connectivity index (χ1n) is 25.0. The Kier molecular flexibility index (Phi) is 36.4. The predicted molar refractivity (Wildman–Crippen MR) is 241 cm³/mol. The Balaban J connectivity index is 2.65. The van der Waals surface area contributed by atoms with Gasteiger partial charge in [-0.1, -0.05) is 206 Å². The van der Waals surface area contributed by atoms with Gasteiger partial charge in [0.1, 0.15) is 24.4 Å². The molecule has 10 heteroatoms. The van der Waals surface area contributed by atoms with Gasteiger partial charge in [0, 0.05) is 13.0 Å². The molecule has 344 valence electrons. The average Bonchev–Trinajstić information content (AvgIpc) is 3.22. The highest BCUT2D eigenvalue weighted by Gasteiger charge is 2.48. The second-order valence-corrected chi connectivity index (χ2v) is 17.7. The van der Waals surface area contributed by atoms with Gasteiger partial charge < -0.3 is 41.7 Å². The molecule has 0 aromatic rings. The lowest BCUT2D eigenvalue weighted by molar-refractivity contribution is -0.231. The van der Waals surface area contributed by atoms with Gasteiger partial charge in [0.25, 0.3) is 0 Å². The van der Waals surface area contributed by atoms with Gasteiger partial charge in [-0.15, -0.1) is 0 Å². The van der Waals surface area contributed by atoms with Gasteiger partial charge in [-0.25, -0.2) is 0 Å². The Morgan fingerprint density at radius 2 is 0.983 bits per heavy atom. The number of ether oxygens (including phenoxy) is 1. The zero-order valence-electron chi connectivity index (χ0n) is 38.0. The third-order valence-corrected chi connectivity index (χ3v) is 12.4. The molecule has 0 bridgehead atoms. The summed E-state index contributed by atoms with van der Waals surface area (Å²) in [5.41, 5.74) is 11.8. The topological polar surface area (TPSA) is 171 Å². The zero-order valence-corrected chi connectivity index (χ0v) is 38.0. The summed E-state index contributed by atoms with van der Waals surface area (Å²) in [6.07, 6.45) is 36.1. The fourth-order valence-corrected chi connectivity index (χ4v) is 8.45. The molecular weight excluding hydrogens is 729 g/mol. The van der Waals surface area contributed by atoms with Crippen LogP contribution in [0.25, 0.3) is 0 Å². The van der Waals surface area contributed by atoms with Gasteiger partial charge in [0.15, 0.2) is 6.23 Å². The first-order chi connectivity index (χ1) is 28.3. The number of hydrogen-bond donors (Lipinski definition) is 6. The lowest BCUT2D eigenvalue weighted by Gasteiger charge is -2.47. The van der Waals surface area contributed by atoms with E-state index >= 15 is 0 Å². The summed E-state index contributed by atoms with van der Waals surface area (Å²) >= 11 is 0. The standard InChI is InChI=1S/C48H96N4O6/c1-3-5-7-9-11-13-15-17-19-21-23-25-27-29-31-35-39-52(43(54)37-32-30-28-26-24-22-20-18-16-14-12-10-8-6-4-2)48-44(46(56)45(55)42(40-53)58-48)51-47(57)41(50)36-33-34-38-49/h41-42,44-46,48,53,55-56H,3-40,49-50H2,1-2H3,(H,51,57)/t41-,42+,44+,45+,46+,48+/m0/s1. The number of amides is 2. The summed E-state index contributed by atoms with van der Waals surface area (Å²) < 4.78 is 6.17. The summed E-state index contributed by atoms with van der Waals surface area (Å²) in [5.74, 6) is -0.561. The molecular formula is C48H96N4O6. The normalized spacial score (nSPS) is 20.0. The van der Waals surface area contributed by atoms with Crippen LogP contribution in [0.5, 0.6) is 0 Å². The van der Waals surface area contributed by atoms with Crippen LogP contribution in [0, 0.1) is 0 Å². The van der Waals surface area contributed by atoms with E-state index in [2.05, 4.69) is 19.2 Å². The van der Waals surface area contributed by atoms with E-state index in [-0.39, 0.29) is 5.91 Å². The van der Waals surface area contributed by atoms with E-state index in [0.717, 1.165) is 44.9 Å². The number of nitrogens with one attached hydrogen (secondary N) is 1. The van der Waals surface area contributed by atoms with Crippen molar-refractivity contribution in [3.05, 3.63) is 0 Å². The van der Waals surface area contributed by atoms with Gasteiger partial charge in [-0.2, -0.15) is 0 Å². The first-order valence-corrected chi connectivity index (χ1v) is 25.0. The quantitative estimate of drug-likeness (QED) is 0.0331. The molecule has 1 fully saturated rings. The molecule has 0 radical (unpaired) electrons. The number of rotatable bonds is 41. The summed E-state index contributed by atoms with van der Waals surface area (Å²) in [6, 6.07) is -1.91. The lowest BCUT2D eigenvalue weighted by Crippen LogP contribution is -2.69. The highest BCUT2D eigenvalue weighted by molar-refractivity contribution is 5.82. The number of aliphatic hydroxyl groups excluding tert-OH is 3. The van der Waals surface area contributed by atoms with Crippen molar-refractivity contribution in [1.29, 1.82) is 0 Å². The van der Waals surface area contributed by atoms with E-state index in [4.69, 9.17) is 16.2 Å². The SMILES string of the molecule is CCCCCCCCCCCCCCCCCCN(C(=O)CCCCCCCCCCCCCCCCC)[C@@H]1O[C@H](CO)[C@@H](O)[C@H](O)[C@H]1NC(=O)[C@@H](N)CCCCN. The number of hydrogen-bond acceptors (Lipinski definition) is 8. The van der Waals surface area contributed by atoms with Crippen LogP contribution in [0.3, 0.4) is 0 Å². The highest BCUT2D eigenvalue weighted by Crippen LogP contribution is 2.26. The minimum atomic E-state index is -1.44. The van der Waals surface area contributed by atoms with E-state index in [0.29, 0.717) is 32.4 Å². The molecule has 1 aliphatic rings. The molecule has 0 aromatic heterocycles. The summed E-state index contributed by atoms with van der Waals surface area (Å²) in [5, 5.41) is 35.0. The van der Waals surface area contributed by atoms with E-state index in [1.165, 1.54) is 161 Å². The van der Waals surface area contributed by atoms with Crippen molar-refractivity contribution in [2.45, 2.75) is 275 Å². The Labute approximate surface area is 357 Å². The molecule has 1 saturated heterocycles. The van der Waals surface area contributed by atoms with Crippen LogP contribution in [-0.4, -0.2) is 88.4 Å². The van der Waals surface area contributed by atoms with Gasteiger partial charge in [-0.05, 0) is 32.2 Å². The highest BCUT2D eigenvalue weighted by atomic mass is 16.5.